The maximum atomic E-state index is 11.7. The van der Waals surface area contributed by atoms with Crippen molar-refractivity contribution in [3.05, 3.63) is 48.5 Å². The van der Waals surface area contributed by atoms with Crippen molar-refractivity contribution in [3.63, 3.8) is 0 Å². The number of aryl methyl sites for hydroxylation is 1. The van der Waals surface area contributed by atoms with E-state index in [1.54, 1.807) is 6.20 Å². The molecule has 0 aliphatic heterocycles. The van der Waals surface area contributed by atoms with Gasteiger partial charge in [0.25, 0.3) is 0 Å². The molecule has 0 radical (unpaired) electrons. The van der Waals surface area contributed by atoms with Gasteiger partial charge in [0.1, 0.15) is 0 Å². The monoisotopic (exact) mass is 327 g/mol. The van der Waals surface area contributed by atoms with Crippen LogP contribution in [0, 0.1) is 0 Å². The van der Waals surface area contributed by atoms with E-state index in [0.29, 0.717) is 6.04 Å². The van der Waals surface area contributed by atoms with Crippen molar-refractivity contribution in [2.24, 2.45) is 0 Å². The van der Waals surface area contributed by atoms with Gasteiger partial charge in [0.05, 0.1) is 6.33 Å². The quantitative estimate of drug-likeness (QED) is 0.653. The second-order valence-electron chi connectivity index (χ2n) is 6.32. The van der Waals surface area contributed by atoms with Gasteiger partial charge in [-0.1, -0.05) is 12.1 Å². The highest BCUT2D eigenvalue weighted by atomic mass is 16.2. The molecule has 3 N–H and O–H groups in total. The first kappa shape index (κ1) is 16.5. The van der Waals surface area contributed by atoms with E-state index in [1.165, 1.54) is 5.56 Å². The van der Waals surface area contributed by atoms with Crippen LogP contribution in [0.1, 0.15) is 37.8 Å². The molecule has 1 aromatic carbocycles. The van der Waals surface area contributed by atoms with Crippen LogP contribution >= 0.6 is 0 Å². The van der Waals surface area contributed by atoms with E-state index in [2.05, 4.69) is 44.6 Å². The molecule has 1 aliphatic carbocycles. The molecule has 1 fully saturated rings. The number of rotatable bonds is 8. The highest BCUT2D eigenvalue weighted by molar-refractivity contribution is 5.89. The first-order valence-electron chi connectivity index (χ1n) is 8.57. The summed E-state index contributed by atoms with van der Waals surface area (Å²) in [6.45, 7) is 4.07. The average Bonchev–Trinajstić information content (AvgIpc) is 3.23. The molecule has 128 valence electrons. The molecular formula is C18H25N5O. The summed E-state index contributed by atoms with van der Waals surface area (Å²) in [5.74, 6) is 0. The Morgan fingerprint density at radius 3 is 2.79 bits per heavy atom. The second-order valence-corrected chi connectivity index (χ2v) is 6.32. The molecular weight excluding hydrogens is 302 g/mol. The molecule has 2 aromatic rings. The predicted molar refractivity (Wildman–Crippen MR) is 94.9 cm³/mol. The highest BCUT2D eigenvalue weighted by Crippen LogP contribution is 2.19. The molecule has 1 heterocycles. The molecule has 1 saturated carbocycles. The first-order valence-corrected chi connectivity index (χ1v) is 8.57. The van der Waals surface area contributed by atoms with Crippen LogP contribution in [-0.2, 0) is 6.54 Å². The summed E-state index contributed by atoms with van der Waals surface area (Å²) < 4.78 is 2.08. The van der Waals surface area contributed by atoms with E-state index in [-0.39, 0.29) is 12.1 Å². The third kappa shape index (κ3) is 5.09. The largest absolute Gasteiger partial charge is 0.337 e. The third-order valence-electron chi connectivity index (χ3n) is 4.18. The van der Waals surface area contributed by atoms with Crippen LogP contribution in [0.3, 0.4) is 0 Å². The van der Waals surface area contributed by atoms with Gasteiger partial charge in [-0.05, 0) is 50.4 Å². The Morgan fingerprint density at radius 2 is 2.12 bits per heavy atom. The van der Waals surface area contributed by atoms with Crippen LogP contribution in [0.4, 0.5) is 10.5 Å². The van der Waals surface area contributed by atoms with Gasteiger partial charge in [-0.3, -0.25) is 0 Å². The zero-order valence-corrected chi connectivity index (χ0v) is 14.0. The molecule has 0 spiro atoms. The number of amides is 2. The number of hydrogen-bond acceptors (Lipinski definition) is 3. The zero-order chi connectivity index (χ0) is 16.8. The summed E-state index contributed by atoms with van der Waals surface area (Å²) in [7, 11) is 0. The van der Waals surface area contributed by atoms with Gasteiger partial charge >= 0.3 is 6.03 Å². The SMILES string of the molecule is C[C@@H](NCCCn1ccnc1)c1ccc(NC(=O)NC2CC2)cc1. The molecule has 6 heteroatoms. The molecule has 0 bridgehead atoms. The van der Waals surface area contributed by atoms with Crippen molar-refractivity contribution in [3.8, 4) is 0 Å². The van der Waals surface area contributed by atoms with Crippen LogP contribution in [0.2, 0.25) is 0 Å². The fourth-order valence-electron chi connectivity index (χ4n) is 2.55. The van der Waals surface area contributed by atoms with Crippen molar-refractivity contribution in [1.29, 1.82) is 0 Å². The molecule has 24 heavy (non-hydrogen) atoms. The Labute approximate surface area is 142 Å². The molecule has 2 amide bonds. The van der Waals surface area contributed by atoms with Crippen molar-refractivity contribution < 1.29 is 4.79 Å². The third-order valence-corrected chi connectivity index (χ3v) is 4.18. The van der Waals surface area contributed by atoms with E-state index in [4.69, 9.17) is 0 Å². The van der Waals surface area contributed by atoms with Gasteiger partial charge in [-0.25, -0.2) is 9.78 Å². The summed E-state index contributed by atoms with van der Waals surface area (Å²) >= 11 is 0. The van der Waals surface area contributed by atoms with Gasteiger partial charge in [0.2, 0.25) is 0 Å². The second kappa shape index (κ2) is 7.97. The number of anilines is 1. The van der Waals surface area contributed by atoms with E-state index in [9.17, 15) is 4.79 Å². The Bertz CT molecular complexity index is 634. The maximum absolute atomic E-state index is 11.7. The summed E-state index contributed by atoms with van der Waals surface area (Å²) in [5.41, 5.74) is 2.04. The van der Waals surface area contributed by atoms with Crippen LogP contribution in [0.15, 0.2) is 43.0 Å². The summed E-state index contributed by atoms with van der Waals surface area (Å²) in [6.07, 6.45) is 8.87. The smallest absolute Gasteiger partial charge is 0.319 e. The maximum Gasteiger partial charge on any atom is 0.319 e. The number of nitrogens with one attached hydrogen (secondary N) is 3. The zero-order valence-electron chi connectivity index (χ0n) is 14.0. The van der Waals surface area contributed by atoms with E-state index >= 15 is 0 Å². The highest BCUT2D eigenvalue weighted by Gasteiger charge is 2.23. The molecule has 0 unspecified atom stereocenters. The van der Waals surface area contributed by atoms with Crippen molar-refractivity contribution in [2.45, 2.75) is 44.8 Å². The fourth-order valence-corrected chi connectivity index (χ4v) is 2.55. The van der Waals surface area contributed by atoms with Crippen LogP contribution in [0.5, 0.6) is 0 Å². The normalized spacial score (nSPS) is 15.0. The number of aromatic nitrogens is 2. The number of nitrogens with zero attached hydrogens (tertiary/aromatic N) is 2. The fraction of sp³-hybridized carbons (Fsp3) is 0.444. The standard InChI is InChI=1S/C18H25N5O/c1-14(20-9-2-11-23-12-10-19-13-23)15-3-5-16(6-4-15)21-18(24)22-17-7-8-17/h3-6,10,12-14,17,20H,2,7-9,11H2,1H3,(H2,21,22,24)/t14-/m1/s1. The van der Waals surface area contributed by atoms with Gasteiger partial charge in [-0.15, -0.1) is 0 Å². The lowest BCUT2D eigenvalue weighted by Gasteiger charge is -2.15. The lowest BCUT2D eigenvalue weighted by atomic mass is 10.1. The number of benzene rings is 1. The molecule has 1 atom stereocenters. The summed E-state index contributed by atoms with van der Waals surface area (Å²) in [6, 6.07) is 8.55. The Balaban J connectivity index is 1.39. The lowest BCUT2D eigenvalue weighted by Crippen LogP contribution is -2.30. The number of hydrogen-bond donors (Lipinski definition) is 3. The van der Waals surface area contributed by atoms with Crippen molar-refractivity contribution in [2.75, 3.05) is 11.9 Å². The summed E-state index contributed by atoms with van der Waals surface area (Å²) in [4.78, 5) is 15.8. The number of carbonyl (C=O) groups is 1. The Morgan fingerprint density at radius 1 is 1.33 bits per heavy atom. The predicted octanol–water partition coefficient (Wildman–Crippen LogP) is 2.91. The first-order chi connectivity index (χ1) is 11.7. The van der Waals surface area contributed by atoms with Gasteiger partial charge < -0.3 is 20.5 Å². The van der Waals surface area contributed by atoms with Crippen LogP contribution in [0.25, 0.3) is 0 Å². The van der Waals surface area contributed by atoms with Crippen molar-refractivity contribution >= 4 is 11.7 Å². The average molecular weight is 327 g/mol. The van der Waals surface area contributed by atoms with Gasteiger partial charge in [0, 0.05) is 36.7 Å². The van der Waals surface area contributed by atoms with Gasteiger partial charge in [-0.2, -0.15) is 0 Å². The molecule has 0 saturated heterocycles. The van der Waals surface area contributed by atoms with Crippen LogP contribution < -0.4 is 16.0 Å². The lowest BCUT2D eigenvalue weighted by molar-refractivity contribution is 0.251. The minimum Gasteiger partial charge on any atom is -0.337 e. The number of carbonyl (C=O) groups excluding carboxylic acids is 1. The molecule has 1 aliphatic rings. The Hall–Kier alpha value is -2.34. The minimum absolute atomic E-state index is 0.115. The van der Waals surface area contributed by atoms with E-state index < -0.39 is 0 Å². The summed E-state index contributed by atoms with van der Waals surface area (Å²) in [5, 5.41) is 9.31. The molecule has 6 nitrogen and oxygen atoms in total. The van der Waals surface area contributed by atoms with Crippen LogP contribution in [-0.4, -0.2) is 28.2 Å². The Kier molecular flexibility index (Phi) is 5.48. The topological polar surface area (TPSA) is 71.0 Å². The molecule has 1 aromatic heterocycles. The van der Waals surface area contributed by atoms with E-state index in [0.717, 1.165) is 38.0 Å². The van der Waals surface area contributed by atoms with Crippen molar-refractivity contribution in [1.82, 2.24) is 20.2 Å². The number of urea groups is 1. The molecule has 3 rings (SSSR count). The van der Waals surface area contributed by atoms with Gasteiger partial charge in [0.15, 0.2) is 0 Å². The van der Waals surface area contributed by atoms with E-state index in [1.807, 2.05) is 24.7 Å². The number of imidazole rings is 1. The minimum atomic E-state index is -0.115.